The van der Waals surface area contributed by atoms with E-state index < -0.39 is 12.6 Å². The molecule has 1 amide bonds. The maximum atomic E-state index is 13.9. The molecular formula is C29H25Br2NO7. The number of benzene rings is 3. The number of carboxylic acids is 1. The molecule has 0 saturated heterocycles. The van der Waals surface area contributed by atoms with Crippen LogP contribution < -0.4 is 14.8 Å². The van der Waals surface area contributed by atoms with Crippen molar-refractivity contribution in [1.82, 2.24) is 0 Å². The van der Waals surface area contributed by atoms with Gasteiger partial charge in [0.25, 0.3) is 5.91 Å². The van der Waals surface area contributed by atoms with Gasteiger partial charge in [-0.05, 0) is 92.9 Å². The molecule has 0 unspecified atom stereocenters. The van der Waals surface area contributed by atoms with Crippen molar-refractivity contribution in [2.75, 3.05) is 19.0 Å². The van der Waals surface area contributed by atoms with Gasteiger partial charge in [0.1, 0.15) is 22.8 Å². The van der Waals surface area contributed by atoms with E-state index in [4.69, 9.17) is 19.0 Å². The van der Waals surface area contributed by atoms with E-state index in [1.165, 1.54) is 0 Å². The highest BCUT2D eigenvalue weighted by atomic mass is 79.9. The number of hydrogen-bond donors (Lipinski definition) is 2. The molecule has 0 aliphatic rings. The van der Waals surface area contributed by atoms with E-state index in [1.807, 2.05) is 0 Å². The third kappa shape index (κ3) is 6.51. The van der Waals surface area contributed by atoms with E-state index in [1.54, 1.807) is 61.7 Å². The maximum absolute atomic E-state index is 13.9. The number of hydrogen-bond acceptors (Lipinski definition) is 6. The van der Waals surface area contributed by atoms with Crippen LogP contribution in [-0.2, 0) is 11.2 Å². The average Bonchev–Trinajstić information content (AvgIpc) is 3.28. The van der Waals surface area contributed by atoms with Crippen molar-refractivity contribution in [2.24, 2.45) is 0 Å². The number of anilines is 1. The molecule has 202 valence electrons. The minimum absolute atomic E-state index is 0.273. The number of halogens is 2. The molecule has 10 heteroatoms. The van der Waals surface area contributed by atoms with Crippen molar-refractivity contribution < 1.29 is 33.4 Å². The number of aryl methyl sites for hydroxylation is 1. The molecule has 0 aliphatic heterocycles. The summed E-state index contributed by atoms with van der Waals surface area (Å²) in [6.07, 6.45) is 2.32. The Morgan fingerprint density at radius 1 is 0.974 bits per heavy atom. The summed E-state index contributed by atoms with van der Waals surface area (Å²) in [5.74, 6) is -0.202. The number of rotatable bonds is 11. The number of fused-ring (bicyclic) bond motifs is 1. The Morgan fingerprint density at radius 2 is 1.67 bits per heavy atom. The summed E-state index contributed by atoms with van der Waals surface area (Å²) >= 11 is 6.76. The fraction of sp³-hybridized carbons (Fsp3) is 0.207. The number of aliphatic carboxylic acids is 1. The number of ketones is 1. The zero-order chi connectivity index (χ0) is 28.1. The molecule has 1 heterocycles. The summed E-state index contributed by atoms with van der Waals surface area (Å²) in [4.78, 5) is 37.6. The summed E-state index contributed by atoms with van der Waals surface area (Å²) in [6.45, 7) is 1.53. The highest BCUT2D eigenvalue weighted by Crippen LogP contribution is 2.37. The van der Waals surface area contributed by atoms with E-state index >= 15 is 0 Å². The van der Waals surface area contributed by atoms with Gasteiger partial charge in [-0.25, -0.2) is 4.79 Å². The van der Waals surface area contributed by atoms with Crippen molar-refractivity contribution in [1.29, 1.82) is 0 Å². The molecule has 1 aromatic heterocycles. The fourth-order valence-electron chi connectivity index (χ4n) is 4.04. The Kier molecular flexibility index (Phi) is 9.08. The molecule has 4 aromatic rings. The molecular weight excluding hydrogens is 634 g/mol. The van der Waals surface area contributed by atoms with E-state index in [0.29, 0.717) is 60.2 Å². The number of ether oxygens (including phenoxy) is 2. The summed E-state index contributed by atoms with van der Waals surface area (Å²) in [5, 5.41) is 12.4. The van der Waals surface area contributed by atoms with Gasteiger partial charge in [0, 0.05) is 28.6 Å². The normalized spacial score (nSPS) is 10.9. The summed E-state index contributed by atoms with van der Waals surface area (Å²) in [5.41, 5.74) is 2.27. The fourth-order valence-corrected chi connectivity index (χ4v) is 5.46. The van der Waals surface area contributed by atoms with Crippen LogP contribution >= 0.6 is 31.9 Å². The first-order valence-electron chi connectivity index (χ1n) is 12.1. The van der Waals surface area contributed by atoms with Gasteiger partial charge < -0.3 is 24.3 Å². The Morgan fingerprint density at radius 3 is 2.28 bits per heavy atom. The molecule has 2 N–H and O–H groups in total. The lowest BCUT2D eigenvalue weighted by atomic mass is 9.98. The second-order valence-corrected chi connectivity index (χ2v) is 10.4. The quantitative estimate of drug-likeness (QED) is 0.163. The number of nitrogens with one attached hydrogen (secondary N) is 1. The number of carboxylic acid groups (broad SMARTS) is 1. The first-order valence-corrected chi connectivity index (χ1v) is 13.7. The van der Waals surface area contributed by atoms with Gasteiger partial charge in [-0.1, -0.05) is 13.3 Å². The van der Waals surface area contributed by atoms with Gasteiger partial charge in [-0.3, -0.25) is 9.59 Å². The first-order chi connectivity index (χ1) is 18.7. The van der Waals surface area contributed by atoms with Gasteiger partial charge in [0.2, 0.25) is 0 Å². The zero-order valence-electron chi connectivity index (χ0n) is 21.2. The van der Waals surface area contributed by atoms with Crippen LogP contribution in [0, 0.1) is 0 Å². The van der Waals surface area contributed by atoms with Gasteiger partial charge in [0.05, 0.1) is 21.6 Å². The first kappa shape index (κ1) is 28.4. The van der Waals surface area contributed by atoms with E-state index in [9.17, 15) is 14.4 Å². The predicted octanol–water partition coefficient (Wildman–Crippen LogP) is 7.26. The van der Waals surface area contributed by atoms with Gasteiger partial charge in [0.15, 0.2) is 12.4 Å². The molecule has 0 atom stereocenters. The Balaban J connectivity index is 1.71. The lowest BCUT2D eigenvalue weighted by Crippen LogP contribution is -2.12. The van der Waals surface area contributed by atoms with E-state index in [-0.39, 0.29) is 17.4 Å². The molecule has 0 radical (unpaired) electrons. The second kappa shape index (κ2) is 12.5. The monoisotopic (exact) mass is 657 g/mol. The standard InChI is InChI=1S/C29H25Br2NO7/c1-3-4-5-24-26(27(35)17-12-21(30)28(22(31)13-17)38-15-25(33)34)20-14-18(8-11-23(20)39-24)32-29(36)16-6-9-19(37-2)10-7-16/h6-14H,3-5,15H2,1-2H3,(H,32,36)(H,33,34). The number of furan rings is 1. The molecule has 39 heavy (non-hydrogen) atoms. The molecule has 0 bridgehead atoms. The van der Waals surface area contributed by atoms with Crippen LogP contribution in [0.4, 0.5) is 5.69 Å². The van der Waals surface area contributed by atoms with Crippen LogP contribution in [0.5, 0.6) is 11.5 Å². The molecule has 3 aromatic carbocycles. The molecule has 0 saturated carbocycles. The lowest BCUT2D eigenvalue weighted by Gasteiger charge is -2.11. The number of carbonyl (C=O) groups excluding carboxylic acids is 2. The van der Waals surface area contributed by atoms with Crippen molar-refractivity contribution in [3.8, 4) is 11.5 Å². The van der Waals surface area contributed by atoms with Crippen molar-refractivity contribution in [3.63, 3.8) is 0 Å². The van der Waals surface area contributed by atoms with Crippen LogP contribution in [0.3, 0.4) is 0 Å². The summed E-state index contributed by atoms with van der Waals surface area (Å²) in [6, 6.07) is 15.1. The van der Waals surface area contributed by atoms with Crippen LogP contribution in [0.25, 0.3) is 11.0 Å². The Labute approximate surface area is 241 Å². The van der Waals surface area contributed by atoms with Gasteiger partial charge in [-0.2, -0.15) is 0 Å². The molecule has 4 rings (SSSR count). The number of carbonyl (C=O) groups is 3. The largest absolute Gasteiger partial charge is 0.497 e. The zero-order valence-corrected chi connectivity index (χ0v) is 24.3. The minimum Gasteiger partial charge on any atom is -0.497 e. The molecule has 0 fully saturated rings. The Hall–Kier alpha value is -3.63. The molecule has 0 aliphatic carbocycles. The minimum atomic E-state index is -1.12. The number of unbranched alkanes of at least 4 members (excludes halogenated alkanes) is 1. The van der Waals surface area contributed by atoms with Gasteiger partial charge in [-0.15, -0.1) is 0 Å². The highest BCUT2D eigenvalue weighted by Gasteiger charge is 2.24. The SMILES string of the molecule is CCCCc1oc2ccc(NC(=O)c3ccc(OC)cc3)cc2c1C(=O)c1cc(Br)c(OCC(=O)O)c(Br)c1. The number of amides is 1. The van der Waals surface area contributed by atoms with Crippen molar-refractivity contribution >= 4 is 66.2 Å². The smallest absolute Gasteiger partial charge is 0.341 e. The van der Waals surface area contributed by atoms with Gasteiger partial charge >= 0.3 is 5.97 Å². The van der Waals surface area contributed by atoms with Crippen LogP contribution in [-0.4, -0.2) is 36.5 Å². The second-order valence-electron chi connectivity index (χ2n) is 8.68. The number of methoxy groups -OCH3 is 1. The maximum Gasteiger partial charge on any atom is 0.341 e. The van der Waals surface area contributed by atoms with Crippen molar-refractivity contribution in [2.45, 2.75) is 26.2 Å². The lowest BCUT2D eigenvalue weighted by molar-refractivity contribution is -0.139. The molecule has 0 spiro atoms. The Bertz CT molecular complexity index is 1520. The third-order valence-corrected chi connectivity index (χ3v) is 7.13. The van der Waals surface area contributed by atoms with Crippen LogP contribution in [0.2, 0.25) is 0 Å². The topological polar surface area (TPSA) is 115 Å². The third-order valence-electron chi connectivity index (χ3n) is 5.96. The average molecular weight is 659 g/mol. The van der Waals surface area contributed by atoms with E-state index in [0.717, 1.165) is 12.8 Å². The van der Waals surface area contributed by atoms with E-state index in [2.05, 4.69) is 44.1 Å². The molecule has 8 nitrogen and oxygen atoms in total. The summed E-state index contributed by atoms with van der Waals surface area (Å²) < 4.78 is 17.4. The van der Waals surface area contributed by atoms with Crippen LogP contribution in [0.15, 0.2) is 68.0 Å². The van der Waals surface area contributed by atoms with Crippen molar-refractivity contribution in [3.05, 3.63) is 86.0 Å². The summed E-state index contributed by atoms with van der Waals surface area (Å²) in [7, 11) is 1.56. The van der Waals surface area contributed by atoms with Crippen LogP contribution in [0.1, 0.15) is 51.8 Å². The highest BCUT2D eigenvalue weighted by molar-refractivity contribution is 9.11. The predicted molar refractivity (Wildman–Crippen MR) is 154 cm³/mol.